The van der Waals surface area contributed by atoms with Gasteiger partial charge in [0.15, 0.2) is 0 Å². The van der Waals surface area contributed by atoms with Crippen LogP contribution in [0, 0.1) is 6.92 Å². The topological polar surface area (TPSA) is 93.0 Å². The van der Waals surface area contributed by atoms with Crippen LogP contribution in [0.2, 0.25) is 0 Å². The molecule has 1 heterocycles. The number of amides is 2. The van der Waals surface area contributed by atoms with E-state index >= 15 is 0 Å². The van der Waals surface area contributed by atoms with Crippen molar-refractivity contribution < 1.29 is 9.59 Å². The van der Waals surface area contributed by atoms with Crippen LogP contribution >= 0.6 is 11.8 Å². The summed E-state index contributed by atoms with van der Waals surface area (Å²) in [6.45, 7) is 1.98. The van der Waals surface area contributed by atoms with E-state index in [2.05, 4.69) is 20.8 Å². The van der Waals surface area contributed by atoms with E-state index in [1.54, 1.807) is 43.0 Å². The number of aryl methyl sites for hydroxylation is 1. The zero-order valence-electron chi connectivity index (χ0n) is 15.8. The second kappa shape index (κ2) is 8.66. The molecule has 28 heavy (non-hydrogen) atoms. The number of carbonyl (C=O) groups is 2. The molecular formula is C19H20N6O2S. The molecule has 0 aliphatic rings. The minimum atomic E-state index is -0.184. The Labute approximate surface area is 166 Å². The zero-order valence-corrected chi connectivity index (χ0v) is 16.6. The van der Waals surface area contributed by atoms with Gasteiger partial charge < -0.3 is 10.2 Å². The first-order chi connectivity index (χ1) is 13.5. The van der Waals surface area contributed by atoms with Gasteiger partial charge in [-0.1, -0.05) is 30.0 Å². The SMILES string of the molecule is Cc1ccccc1-n1nnnc1SCC(=O)Nc1ccc(C(=O)N(C)C)cc1. The Morgan fingerprint density at radius 3 is 2.50 bits per heavy atom. The van der Waals surface area contributed by atoms with Gasteiger partial charge in [0.25, 0.3) is 5.91 Å². The van der Waals surface area contributed by atoms with Crippen molar-refractivity contribution in [3.05, 3.63) is 59.7 Å². The van der Waals surface area contributed by atoms with E-state index in [-0.39, 0.29) is 17.6 Å². The molecule has 0 spiro atoms. The summed E-state index contributed by atoms with van der Waals surface area (Å²) in [4.78, 5) is 25.7. The fourth-order valence-electron chi connectivity index (χ4n) is 2.50. The third-order valence-corrected chi connectivity index (χ3v) is 4.86. The number of nitrogens with one attached hydrogen (secondary N) is 1. The third-order valence-electron chi connectivity index (χ3n) is 3.94. The summed E-state index contributed by atoms with van der Waals surface area (Å²) in [5.74, 6) is -0.113. The first kappa shape index (κ1) is 19.6. The van der Waals surface area contributed by atoms with E-state index in [4.69, 9.17) is 0 Å². The molecule has 0 radical (unpaired) electrons. The largest absolute Gasteiger partial charge is 0.345 e. The quantitative estimate of drug-likeness (QED) is 0.643. The lowest BCUT2D eigenvalue weighted by molar-refractivity contribution is -0.113. The van der Waals surface area contributed by atoms with Gasteiger partial charge in [-0.15, -0.1) is 5.10 Å². The van der Waals surface area contributed by atoms with Crippen molar-refractivity contribution in [2.24, 2.45) is 0 Å². The van der Waals surface area contributed by atoms with E-state index in [1.807, 2.05) is 31.2 Å². The lowest BCUT2D eigenvalue weighted by atomic mass is 10.2. The number of carbonyl (C=O) groups excluding carboxylic acids is 2. The van der Waals surface area contributed by atoms with Crippen molar-refractivity contribution >= 4 is 29.3 Å². The molecule has 0 fully saturated rings. The maximum absolute atomic E-state index is 12.3. The molecule has 9 heteroatoms. The average Bonchev–Trinajstić information content (AvgIpc) is 3.15. The van der Waals surface area contributed by atoms with Crippen LogP contribution < -0.4 is 5.32 Å². The fourth-order valence-corrected chi connectivity index (χ4v) is 3.19. The highest BCUT2D eigenvalue weighted by Crippen LogP contribution is 2.20. The monoisotopic (exact) mass is 396 g/mol. The fraction of sp³-hybridized carbons (Fsp3) is 0.211. The summed E-state index contributed by atoms with van der Waals surface area (Å²) in [5, 5.41) is 15.1. The minimum Gasteiger partial charge on any atom is -0.345 e. The van der Waals surface area contributed by atoms with E-state index in [0.29, 0.717) is 16.4 Å². The number of tetrazole rings is 1. The van der Waals surface area contributed by atoms with Gasteiger partial charge in [0.05, 0.1) is 11.4 Å². The molecule has 8 nitrogen and oxygen atoms in total. The Morgan fingerprint density at radius 1 is 1.11 bits per heavy atom. The predicted octanol–water partition coefficient (Wildman–Crippen LogP) is 2.40. The molecular weight excluding hydrogens is 376 g/mol. The number of thioether (sulfide) groups is 1. The molecule has 2 aromatic carbocycles. The molecule has 0 atom stereocenters. The minimum absolute atomic E-state index is 0.0866. The summed E-state index contributed by atoms with van der Waals surface area (Å²) in [5.41, 5.74) is 3.10. The maximum Gasteiger partial charge on any atom is 0.253 e. The van der Waals surface area contributed by atoms with E-state index in [1.165, 1.54) is 16.7 Å². The molecule has 0 aliphatic carbocycles. The van der Waals surface area contributed by atoms with Crippen LogP contribution in [0.4, 0.5) is 5.69 Å². The van der Waals surface area contributed by atoms with Crippen LogP contribution in [-0.2, 0) is 4.79 Å². The highest BCUT2D eigenvalue weighted by Gasteiger charge is 2.13. The average molecular weight is 396 g/mol. The number of hydrogen-bond acceptors (Lipinski definition) is 6. The van der Waals surface area contributed by atoms with E-state index in [9.17, 15) is 9.59 Å². The number of hydrogen-bond donors (Lipinski definition) is 1. The summed E-state index contributed by atoms with van der Waals surface area (Å²) in [6, 6.07) is 14.5. The summed E-state index contributed by atoms with van der Waals surface area (Å²) >= 11 is 1.25. The lowest BCUT2D eigenvalue weighted by Crippen LogP contribution is -2.21. The molecule has 0 unspecified atom stereocenters. The van der Waals surface area contributed by atoms with Crippen LogP contribution in [0.3, 0.4) is 0 Å². The van der Waals surface area contributed by atoms with Gasteiger partial charge in [0, 0.05) is 25.3 Å². The third kappa shape index (κ3) is 4.55. The molecule has 3 aromatic rings. The van der Waals surface area contributed by atoms with Gasteiger partial charge in [-0.25, -0.2) is 0 Å². The molecule has 0 aliphatic heterocycles. The molecule has 2 amide bonds. The molecule has 0 bridgehead atoms. The molecule has 1 aromatic heterocycles. The smallest absolute Gasteiger partial charge is 0.253 e. The van der Waals surface area contributed by atoms with E-state index < -0.39 is 0 Å². The van der Waals surface area contributed by atoms with Crippen molar-refractivity contribution in [2.45, 2.75) is 12.1 Å². The Kier molecular flexibility index (Phi) is 6.05. The Bertz CT molecular complexity index is 984. The maximum atomic E-state index is 12.3. The number of aromatic nitrogens is 4. The highest BCUT2D eigenvalue weighted by molar-refractivity contribution is 7.99. The molecule has 144 valence electrons. The molecule has 1 N–H and O–H groups in total. The highest BCUT2D eigenvalue weighted by atomic mass is 32.2. The summed E-state index contributed by atoms with van der Waals surface area (Å²) in [6.07, 6.45) is 0. The van der Waals surface area contributed by atoms with Gasteiger partial charge in [-0.05, 0) is 53.2 Å². The standard InChI is InChI=1S/C19H20N6O2S/c1-13-6-4-5-7-16(13)25-19(21-22-23-25)28-12-17(26)20-15-10-8-14(9-11-15)18(27)24(2)3/h4-11H,12H2,1-3H3,(H,20,26). The normalized spacial score (nSPS) is 10.5. The number of para-hydroxylation sites is 1. The Morgan fingerprint density at radius 2 is 1.82 bits per heavy atom. The van der Waals surface area contributed by atoms with Gasteiger partial charge in [-0.2, -0.15) is 4.68 Å². The summed E-state index contributed by atoms with van der Waals surface area (Å²) < 4.78 is 1.62. The van der Waals surface area contributed by atoms with Crippen LogP contribution in [0.1, 0.15) is 15.9 Å². The first-order valence-corrected chi connectivity index (χ1v) is 9.53. The second-order valence-corrected chi connectivity index (χ2v) is 7.22. The lowest BCUT2D eigenvalue weighted by Gasteiger charge is -2.11. The van der Waals surface area contributed by atoms with Crippen LogP contribution in [0.5, 0.6) is 0 Å². The van der Waals surface area contributed by atoms with E-state index in [0.717, 1.165) is 11.3 Å². The van der Waals surface area contributed by atoms with Gasteiger partial charge in [0.2, 0.25) is 11.1 Å². The number of benzene rings is 2. The van der Waals surface area contributed by atoms with Crippen molar-refractivity contribution in [1.29, 1.82) is 0 Å². The van der Waals surface area contributed by atoms with Crippen LogP contribution in [-0.4, -0.2) is 56.8 Å². The first-order valence-electron chi connectivity index (χ1n) is 8.54. The zero-order chi connectivity index (χ0) is 20.1. The second-order valence-electron chi connectivity index (χ2n) is 6.27. The van der Waals surface area contributed by atoms with Gasteiger partial charge in [0.1, 0.15) is 0 Å². The predicted molar refractivity (Wildman–Crippen MR) is 108 cm³/mol. The van der Waals surface area contributed by atoms with Gasteiger partial charge >= 0.3 is 0 Å². The molecule has 0 saturated carbocycles. The number of rotatable bonds is 6. The Hall–Kier alpha value is -3.20. The van der Waals surface area contributed by atoms with Crippen LogP contribution in [0.25, 0.3) is 5.69 Å². The summed E-state index contributed by atoms with van der Waals surface area (Å²) in [7, 11) is 3.39. The van der Waals surface area contributed by atoms with Crippen molar-refractivity contribution in [1.82, 2.24) is 25.1 Å². The molecule has 0 saturated heterocycles. The Balaban J connectivity index is 1.61. The molecule has 3 rings (SSSR count). The van der Waals surface area contributed by atoms with Crippen molar-refractivity contribution in [2.75, 3.05) is 25.2 Å². The number of anilines is 1. The van der Waals surface area contributed by atoms with Crippen molar-refractivity contribution in [3.8, 4) is 5.69 Å². The van der Waals surface area contributed by atoms with Gasteiger partial charge in [-0.3, -0.25) is 9.59 Å². The van der Waals surface area contributed by atoms with Crippen molar-refractivity contribution in [3.63, 3.8) is 0 Å². The van der Waals surface area contributed by atoms with Crippen LogP contribution in [0.15, 0.2) is 53.7 Å². The number of nitrogens with zero attached hydrogens (tertiary/aromatic N) is 5.